The first kappa shape index (κ1) is 11.6. The Bertz CT molecular complexity index is 482. The third-order valence-electron chi connectivity index (χ3n) is 2.70. The minimum atomic E-state index is -2.44. The van der Waals surface area contributed by atoms with Crippen LogP contribution in [0.25, 0.3) is 0 Å². The largest absolute Gasteiger partial charge is 0.478 e. The molecule has 92 valence electrons. The molecule has 1 unspecified atom stereocenters. The van der Waals surface area contributed by atoms with Crippen LogP contribution >= 0.6 is 0 Å². The third-order valence-corrected chi connectivity index (χ3v) is 2.70. The summed E-state index contributed by atoms with van der Waals surface area (Å²) in [5, 5.41) is 12.0. The zero-order valence-electron chi connectivity index (χ0n) is 9.04. The Morgan fingerprint density at radius 3 is 2.65 bits per heavy atom. The van der Waals surface area contributed by atoms with E-state index in [-0.39, 0.29) is 0 Å². The van der Waals surface area contributed by atoms with Gasteiger partial charge in [-0.3, -0.25) is 4.79 Å². The van der Waals surface area contributed by atoms with Crippen molar-refractivity contribution in [1.29, 1.82) is 0 Å². The van der Waals surface area contributed by atoms with Gasteiger partial charge in [-0.05, 0) is 12.8 Å². The molecule has 2 heterocycles. The first-order chi connectivity index (χ1) is 8.09. The Hall–Kier alpha value is -1.92. The molecule has 1 aromatic rings. The lowest BCUT2D eigenvalue weighted by atomic mass is 10.4. The lowest BCUT2D eigenvalue weighted by Crippen LogP contribution is -2.30. The molecule has 0 amide bonds. The molecular weight excluding hydrogens is 229 g/mol. The molecule has 0 radical (unpaired) electrons. The van der Waals surface area contributed by atoms with Crippen LogP contribution in [-0.4, -0.2) is 33.9 Å². The summed E-state index contributed by atoms with van der Waals surface area (Å²) in [7, 11) is 0. The summed E-state index contributed by atoms with van der Waals surface area (Å²) < 4.78 is 13.4. The molecule has 17 heavy (non-hydrogen) atoms. The summed E-state index contributed by atoms with van der Waals surface area (Å²) in [4.78, 5) is 23.9. The second-order valence-electron chi connectivity index (χ2n) is 3.86. The Balaban J connectivity index is 2.28. The van der Waals surface area contributed by atoms with Gasteiger partial charge in [-0.2, -0.15) is 9.78 Å². The Kier molecular flexibility index (Phi) is 3.08. The smallest absolute Gasteiger partial charge is 0.361 e. The van der Waals surface area contributed by atoms with E-state index in [1.165, 1.54) is 12.3 Å². The summed E-state index contributed by atoms with van der Waals surface area (Å²) >= 11 is 0. The van der Waals surface area contributed by atoms with Crippen molar-refractivity contribution >= 4 is 11.7 Å². The third kappa shape index (κ3) is 2.27. The van der Waals surface area contributed by atoms with E-state index in [1.807, 2.05) is 4.90 Å². The predicted octanol–water partition coefficient (Wildman–Crippen LogP) is 0.396. The standard InChI is InChI=1S/C10H12FN3O3/c11-9(10(16)17)14-8(15)5-7(6-12-14)13-3-1-2-4-13/h5-6,9H,1-4H2,(H,16,17). The molecule has 0 aliphatic carbocycles. The second-order valence-corrected chi connectivity index (χ2v) is 3.86. The van der Waals surface area contributed by atoms with Crippen LogP contribution in [0.2, 0.25) is 0 Å². The van der Waals surface area contributed by atoms with Crippen molar-refractivity contribution in [2.24, 2.45) is 0 Å². The van der Waals surface area contributed by atoms with Crippen molar-refractivity contribution in [3.05, 3.63) is 22.6 Å². The normalized spacial score (nSPS) is 17.1. The summed E-state index contributed by atoms with van der Waals surface area (Å²) in [6.45, 7) is 1.67. The molecule has 1 atom stereocenters. The van der Waals surface area contributed by atoms with E-state index in [0.29, 0.717) is 10.4 Å². The van der Waals surface area contributed by atoms with E-state index >= 15 is 0 Å². The molecule has 1 N–H and O–H groups in total. The molecule has 2 rings (SSSR count). The minimum absolute atomic E-state index is 0.321. The van der Waals surface area contributed by atoms with Crippen molar-refractivity contribution in [1.82, 2.24) is 9.78 Å². The number of aromatic nitrogens is 2. The molecule has 1 aromatic heterocycles. The highest BCUT2D eigenvalue weighted by molar-refractivity contribution is 5.69. The topological polar surface area (TPSA) is 75.4 Å². The number of hydrogen-bond donors (Lipinski definition) is 1. The first-order valence-corrected chi connectivity index (χ1v) is 5.30. The highest BCUT2D eigenvalue weighted by Crippen LogP contribution is 2.17. The number of hydrogen-bond acceptors (Lipinski definition) is 4. The van der Waals surface area contributed by atoms with Crippen LogP contribution in [0.15, 0.2) is 17.1 Å². The van der Waals surface area contributed by atoms with Gasteiger partial charge >= 0.3 is 5.97 Å². The van der Waals surface area contributed by atoms with Gasteiger partial charge in [0.15, 0.2) is 0 Å². The molecule has 1 saturated heterocycles. The van der Waals surface area contributed by atoms with Gasteiger partial charge < -0.3 is 10.0 Å². The van der Waals surface area contributed by atoms with Gasteiger partial charge in [0.25, 0.3) is 11.9 Å². The van der Waals surface area contributed by atoms with E-state index in [4.69, 9.17) is 5.11 Å². The van der Waals surface area contributed by atoms with Crippen LogP contribution in [0.5, 0.6) is 0 Å². The van der Waals surface area contributed by atoms with Crippen LogP contribution in [0, 0.1) is 0 Å². The van der Waals surface area contributed by atoms with Crippen LogP contribution in [0.1, 0.15) is 19.1 Å². The lowest BCUT2D eigenvalue weighted by Gasteiger charge is -2.17. The number of carboxylic acid groups (broad SMARTS) is 1. The van der Waals surface area contributed by atoms with Crippen LogP contribution in [0.4, 0.5) is 10.1 Å². The fourth-order valence-corrected chi connectivity index (χ4v) is 1.83. The van der Waals surface area contributed by atoms with Crippen LogP contribution < -0.4 is 10.5 Å². The fraction of sp³-hybridized carbons (Fsp3) is 0.500. The SMILES string of the molecule is O=C(O)C(F)n1ncc(N2CCCC2)cc1=O. The predicted molar refractivity (Wildman–Crippen MR) is 57.7 cm³/mol. The molecule has 1 fully saturated rings. The van der Waals surface area contributed by atoms with Crippen molar-refractivity contribution in [2.45, 2.75) is 19.1 Å². The molecule has 6 nitrogen and oxygen atoms in total. The number of aliphatic carboxylic acids is 1. The summed E-state index contributed by atoms with van der Waals surface area (Å²) in [6, 6.07) is 1.22. The first-order valence-electron chi connectivity index (χ1n) is 5.30. The molecule has 0 spiro atoms. The molecule has 0 bridgehead atoms. The molecule has 0 saturated carbocycles. The van der Waals surface area contributed by atoms with Crippen molar-refractivity contribution in [3.8, 4) is 0 Å². The van der Waals surface area contributed by atoms with Crippen molar-refractivity contribution < 1.29 is 14.3 Å². The molecule has 1 aliphatic rings. The highest BCUT2D eigenvalue weighted by Gasteiger charge is 2.21. The Morgan fingerprint density at radius 2 is 2.12 bits per heavy atom. The fourth-order valence-electron chi connectivity index (χ4n) is 1.83. The number of halogens is 1. The molecule has 1 aliphatic heterocycles. The Morgan fingerprint density at radius 1 is 1.47 bits per heavy atom. The monoisotopic (exact) mass is 241 g/mol. The van der Waals surface area contributed by atoms with Crippen LogP contribution in [0.3, 0.4) is 0 Å². The number of rotatable bonds is 3. The summed E-state index contributed by atoms with van der Waals surface area (Å²) in [5.74, 6) is -1.73. The maximum absolute atomic E-state index is 13.1. The lowest BCUT2D eigenvalue weighted by molar-refractivity contribution is -0.147. The maximum Gasteiger partial charge on any atom is 0.361 e. The number of anilines is 1. The Labute approximate surface area is 96.3 Å². The van der Waals surface area contributed by atoms with Gasteiger partial charge in [0.2, 0.25) is 0 Å². The van der Waals surface area contributed by atoms with Gasteiger partial charge in [-0.25, -0.2) is 9.18 Å². The summed E-state index contributed by atoms with van der Waals surface area (Å²) in [6.07, 6.45) is 0.978. The number of carboxylic acids is 1. The van der Waals surface area contributed by atoms with Gasteiger partial charge in [-0.1, -0.05) is 0 Å². The average molecular weight is 241 g/mol. The van der Waals surface area contributed by atoms with Gasteiger partial charge in [0.05, 0.1) is 11.9 Å². The highest BCUT2D eigenvalue weighted by atomic mass is 19.1. The number of nitrogens with zero attached hydrogens (tertiary/aromatic N) is 3. The van der Waals surface area contributed by atoms with E-state index in [9.17, 15) is 14.0 Å². The second kappa shape index (κ2) is 4.52. The zero-order chi connectivity index (χ0) is 12.4. The van der Waals surface area contributed by atoms with E-state index in [0.717, 1.165) is 25.9 Å². The number of carbonyl (C=O) groups is 1. The van der Waals surface area contributed by atoms with Crippen molar-refractivity contribution in [2.75, 3.05) is 18.0 Å². The minimum Gasteiger partial charge on any atom is -0.478 e. The average Bonchev–Trinajstić information content (AvgIpc) is 2.81. The quantitative estimate of drug-likeness (QED) is 0.828. The van der Waals surface area contributed by atoms with Gasteiger partial charge in [0.1, 0.15) is 0 Å². The zero-order valence-corrected chi connectivity index (χ0v) is 9.04. The van der Waals surface area contributed by atoms with Crippen LogP contribution in [-0.2, 0) is 4.79 Å². The maximum atomic E-state index is 13.1. The van der Waals surface area contributed by atoms with Crippen molar-refractivity contribution in [3.63, 3.8) is 0 Å². The van der Waals surface area contributed by atoms with E-state index in [1.54, 1.807) is 0 Å². The van der Waals surface area contributed by atoms with E-state index in [2.05, 4.69) is 5.10 Å². The molecular formula is C10H12FN3O3. The van der Waals surface area contributed by atoms with E-state index < -0.39 is 17.8 Å². The van der Waals surface area contributed by atoms with Gasteiger partial charge in [-0.15, -0.1) is 0 Å². The molecule has 7 heteroatoms. The summed E-state index contributed by atoms with van der Waals surface area (Å²) in [5.41, 5.74) is -0.134. The molecule has 0 aromatic carbocycles. The number of alkyl halides is 1. The van der Waals surface area contributed by atoms with Gasteiger partial charge in [0, 0.05) is 19.2 Å².